The second kappa shape index (κ2) is 6.79. The number of aromatic nitrogens is 2. The molecule has 6 nitrogen and oxygen atoms in total. The number of benzene rings is 2. The van der Waals surface area contributed by atoms with Crippen molar-refractivity contribution in [2.75, 3.05) is 13.7 Å². The van der Waals surface area contributed by atoms with E-state index in [1.54, 1.807) is 30.8 Å². The summed E-state index contributed by atoms with van der Waals surface area (Å²) in [5, 5.41) is 14.4. The summed E-state index contributed by atoms with van der Waals surface area (Å²) in [5.41, 5.74) is 4.91. The van der Waals surface area contributed by atoms with E-state index in [2.05, 4.69) is 5.10 Å². The molecule has 0 unspecified atom stereocenters. The van der Waals surface area contributed by atoms with Gasteiger partial charge in [-0.15, -0.1) is 0 Å². The number of ether oxygens (including phenoxy) is 2. The highest BCUT2D eigenvalue weighted by Crippen LogP contribution is 2.38. The lowest BCUT2D eigenvalue weighted by molar-refractivity contribution is 0.0517. The van der Waals surface area contributed by atoms with Crippen LogP contribution in [0.25, 0.3) is 16.9 Å². The molecule has 2 aromatic carbocycles. The van der Waals surface area contributed by atoms with Crippen LogP contribution in [0.15, 0.2) is 42.5 Å². The van der Waals surface area contributed by atoms with E-state index in [1.807, 2.05) is 30.3 Å². The number of phenolic OH excluding ortho intramolecular Hbond substituents is 1. The van der Waals surface area contributed by atoms with Crippen LogP contribution >= 0.6 is 0 Å². The predicted octanol–water partition coefficient (Wildman–Crippen LogP) is 3.53. The number of aryl methyl sites for hydroxylation is 1. The van der Waals surface area contributed by atoms with Crippen LogP contribution in [0.1, 0.15) is 28.5 Å². The Morgan fingerprint density at radius 3 is 2.67 bits per heavy atom. The fourth-order valence-electron chi connectivity index (χ4n) is 3.52. The van der Waals surface area contributed by atoms with Gasteiger partial charge in [0.05, 0.1) is 25.1 Å². The number of hydrogen-bond acceptors (Lipinski definition) is 5. The second-order valence-corrected chi connectivity index (χ2v) is 6.35. The summed E-state index contributed by atoms with van der Waals surface area (Å²) in [6.07, 6.45) is 1.40. The summed E-state index contributed by atoms with van der Waals surface area (Å²) in [4.78, 5) is 12.5. The standard InChI is InChI=1S/C21H20N2O4/c1-3-27-21(25)19-18-10-4-13-12-15(24)7-11-17(13)20(18)23(22-19)14-5-8-16(26-2)9-6-14/h5-9,11-12,24H,3-4,10H2,1-2H3. The van der Waals surface area contributed by atoms with Crippen LogP contribution in [-0.4, -0.2) is 34.6 Å². The van der Waals surface area contributed by atoms with E-state index in [0.717, 1.165) is 40.2 Å². The van der Waals surface area contributed by atoms with Gasteiger partial charge in [-0.3, -0.25) is 0 Å². The molecule has 27 heavy (non-hydrogen) atoms. The average molecular weight is 364 g/mol. The Bertz CT molecular complexity index is 1010. The number of methoxy groups -OCH3 is 1. The molecule has 138 valence electrons. The number of nitrogens with zero attached hydrogens (tertiary/aromatic N) is 2. The zero-order chi connectivity index (χ0) is 19.0. The van der Waals surface area contributed by atoms with Gasteiger partial charge in [0.2, 0.25) is 0 Å². The first kappa shape index (κ1) is 17.1. The third-order valence-electron chi connectivity index (χ3n) is 4.76. The van der Waals surface area contributed by atoms with Crippen LogP contribution in [0.3, 0.4) is 0 Å². The first-order valence-corrected chi connectivity index (χ1v) is 8.88. The van der Waals surface area contributed by atoms with E-state index in [1.165, 1.54) is 0 Å². The molecule has 0 amide bonds. The fraction of sp³-hybridized carbons (Fsp3) is 0.238. The number of aromatic hydroxyl groups is 1. The van der Waals surface area contributed by atoms with Crippen molar-refractivity contribution in [3.8, 4) is 28.4 Å². The predicted molar refractivity (Wildman–Crippen MR) is 101 cm³/mol. The van der Waals surface area contributed by atoms with E-state index in [9.17, 15) is 9.90 Å². The van der Waals surface area contributed by atoms with Crippen molar-refractivity contribution in [3.05, 3.63) is 59.3 Å². The number of hydrogen-bond donors (Lipinski definition) is 1. The summed E-state index contributed by atoms with van der Waals surface area (Å²) in [5.74, 6) is 0.567. The van der Waals surface area contributed by atoms with Crippen LogP contribution < -0.4 is 4.74 Å². The van der Waals surface area contributed by atoms with Crippen LogP contribution in [0.4, 0.5) is 0 Å². The van der Waals surface area contributed by atoms with Crippen LogP contribution in [0, 0.1) is 0 Å². The molecule has 0 saturated carbocycles. The highest BCUT2D eigenvalue weighted by Gasteiger charge is 2.29. The minimum absolute atomic E-state index is 0.235. The summed E-state index contributed by atoms with van der Waals surface area (Å²) < 4.78 is 12.2. The molecular formula is C21H20N2O4. The fourth-order valence-corrected chi connectivity index (χ4v) is 3.52. The van der Waals surface area contributed by atoms with Crippen LogP contribution in [-0.2, 0) is 17.6 Å². The van der Waals surface area contributed by atoms with Crippen molar-refractivity contribution in [1.82, 2.24) is 9.78 Å². The SMILES string of the molecule is CCOC(=O)c1nn(-c2ccc(OC)cc2)c2c1CCc1cc(O)ccc1-2. The highest BCUT2D eigenvalue weighted by molar-refractivity contribution is 5.92. The normalized spacial score (nSPS) is 12.2. The molecule has 1 aliphatic carbocycles. The van der Waals surface area contributed by atoms with Crippen molar-refractivity contribution in [1.29, 1.82) is 0 Å². The van der Waals surface area contributed by atoms with Gasteiger partial charge in [-0.25, -0.2) is 9.48 Å². The zero-order valence-corrected chi connectivity index (χ0v) is 15.2. The third-order valence-corrected chi connectivity index (χ3v) is 4.76. The number of esters is 1. The highest BCUT2D eigenvalue weighted by atomic mass is 16.5. The largest absolute Gasteiger partial charge is 0.508 e. The quantitative estimate of drug-likeness (QED) is 0.717. The van der Waals surface area contributed by atoms with Gasteiger partial charge in [0.25, 0.3) is 0 Å². The Morgan fingerprint density at radius 2 is 1.96 bits per heavy atom. The van der Waals surface area contributed by atoms with Gasteiger partial charge in [-0.05, 0) is 67.8 Å². The molecule has 1 N–H and O–H groups in total. The molecule has 0 radical (unpaired) electrons. The van der Waals surface area contributed by atoms with E-state index in [-0.39, 0.29) is 5.75 Å². The molecule has 0 saturated heterocycles. The summed E-state index contributed by atoms with van der Waals surface area (Å²) in [6, 6.07) is 12.8. The first-order valence-electron chi connectivity index (χ1n) is 8.88. The maximum atomic E-state index is 12.5. The van der Waals surface area contributed by atoms with Crippen molar-refractivity contribution in [3.63, 3.8) is 0 Å². The minimum atomic E-state index is -0.414. The van der Waals surface area contributed by atoms with Gasteiger partial charge in [0.15, 0.2) is 5.69 Å². The van der Waals surface area contributed by atoms with Crippen molar-refractivity contribution in [2.24, 2.45) is 0 Å². The molecular weight excluding hydrogens is 344 g/mol. The first-order chi connectivity index (χ1) is 13.1. The summed E-state index contributed by atoms with van der Waals surface area (Å²) in [6.45, 7) is 2.08. The molecule has 1 aromatic heterocycles. The number of carbonyl (C=O) groups is 1. The van der Waals surface area contributed by atoms with Gasteiger partial charge in [-0.2, -0.15) is 5.10 Å². The Labute approximate surface area is 157 Å². The van der Waals surface area contributed by atoms with Gasteiger partial charge in [0.1, 0.15) is 11.5 Å². The molecule has 4 rings (SSSR count). The number of rotatable bonds is 4. The van der Waals surface area contributed by atoms with Gasteiger partial charge in [-0.1, -0.05) is 0 Å². The van der Waals surface area contributed by atoms with Crippen molar-refractivity contribution >= 4 is 5.97 Å². The molecule has 3 aromatic rings. The van der Waals surface area contributed by atoms with E-state index < -0.39 is 5.97 Å². The molecule has 0 aliphatic heterocycles. The number of fused-ring (bicyclic) bond motifs is 3. The van der Waals surface area contributed by atoms with Crippen molar-refractivity contribution in [2.45, 2.75) is 19.8 Å². The molecule has 1 heterocycles. The third kappa shape index (κ3) is 2.93. The van der Waals surface area contributed by atoms with Crippen LogP contribution in [0.5, 0.6) is 11.5 Å². The zero-order valence-electron chi connectivity index (χ0n) is 15.2. The maximum absolute atomic E-state index is 12.5. The smallest absolute Gasteiger partial charge is 0.359 e. The number of phenols is 1. The Morgan fingerprint density at radius 1 is 1.19 bits per heavy atom. The monoisotopic (exact) mass is 364 g/mol. The Kier molecular flexibility index (Phi) is 4.32. The number of carbonyl (C=O) groups excluding carboxylic acids is 1. The molecule has 0 atom stereocenters. The molecule has 0 bridgehead atoms. The lowest BCUT2D eigenvalue weighted by atomic mass is 9.88. The van der Waals surface area contributed by atoms with Gasteiger partial charge in [0, 0.05) is 11.1 Å². The second-order valence-electron chi connectivity index (χ2n) is 6.35. The molecule has 1 aliphatic rings. The van der Waals surface area contributed by atoms with Crippen LogP contribution in [0.2, 0.25) is 0 Å². The van der Waals surface area contributed by atoms with E-state index >= 15 is 0 Å². The minimum Gasteiger partial charge on any atom is -0.508 e. The average Bonchev–Trinajstić information content (AvgIpc) is 3.08. The lowest BCUT2D eigenvalue weighted by Gasteiger charge is -2.19. The molecule has 0 fully saturated rings. The van der Waals surface area contributed by atoms with Gasteiger partial charge < -0.3 is 14.6 Å². The lowest BCUT2D eigenvalue weighted by Crippen LogP contribution is -2.10. The Hall–Kier alpha value is -3.28. The van der Waals surface area contributed by atoms with Gasteiger partial charge >= 0.3 is 5.97 Å². The molecule has 6 heteroatoms. The molecule has 0 spiro atoms. The van der Waals surface area contributed by atoms with E-state index in [4.69, 9.17) is 9.47 Å². The Balaban J connectivity index is 1.93. The summed E-state index contributed by atoms with van der Waals surface area (Å²) >= 11 is 0. The van der Waals surface area contributed by atoms with Crippen molar-refractivity contribution < 1.29 is 19.4 Å². The van der Waals surface area contributed by atoms with E-state index in [0.29, 0.717) is 18.7 Å². The topological polar surface area (TPSA) is 73.6 Å². The maximum Gasteiger partial charge on any atom is 0.359 e. The summed E-state index contributed by atoms with van der Waals surface area (Å²) in [7, 11) is 1.62.